The number of benzene rings is 1. The van der Waals surface area contributed by atoms with Gasteiger partial charge in [0.15, 0.2) is 0 Å². The van der Waals surface area contributed by atoms with Crippen molar-refractivity contribution >= 4 is 5.91 Å². The number of rotatable bonds is 5. The minimum absolute atomic E-state index is 0.312. The Morgan fingerprint density at radius 2 is 1.83 bits per heavy atom. The van der Waals surface area contributed by atoms with Gasteiger partial charge < -0.3 is 16.2 Å². The second-order valence-electron chi connectivity index (χ2n) is 5.43. The first kappa shape index (κ1) is 14.5. The van der Waals surface area contributed by atoms with Gasteiger partial charge in [0.1, 0.15) is 5.75 Å². The van der Waals surface area contributed by atoms with Crippen LogP contribution >= 0.6 is 0 Å². The maximum atomic E-state index is 11.2. The molecule has 0 bridgehead atoms. The van der Waals surface area contributed by atoms with E-state index in [9.17, 15) is 9.90 Å². The van der Waals surface area contributed by atoms with Crippen molar-refractivity contribution < 1.29 is 9.90 Å². The van der Waals surface area contributed by atoms with E-state index < -0.39 is 5.41 Å². The zero-order valence-electron chi connectivity index (χ0n) is 11.5. The lowest BCUT2D eigenvalue weighted by atomic mass is 9.92. The van der Waals surface area contributed by atoms with Gasteiger partial charge in [0, 0.05) is 13.1 Å². The van der Waals surface area contributed by atoms with Crippen LogP contribution in [0.2, 0.25) is 0 Å². The van der Waals surface area contributed by atoms with Gasteiger partial charge in [0.2, 0.25) is 5.91 Å². The fourth-order valence-electron chi connectivity index (χ4n) is 1.75. The number of amides is 1. The summed E-state index contributed by atoms with van der Waals surface area (Å²) in [5.41, 5.74) is 7.56. The van der Waals surface area contributed by atoms with Gasteiger partial charge in [-0.3, -0.25) is 4.79 Å². The number of nitrogens with two attached hydrogens (primary N) is 1. The summed E-state index contributed by atoms with van der Waals surface area (Å²) < 4.78 is 0. The summed E-state index contributed by atoms with van der Waals surface area (Å²) in [5, 5.41) is 12.9. The molecule has 0 saturated carbocycles. The van der Waals surface area contributed by atoms with Crippen LogP contribution in [0.25, 0.3) is 0 Å². The van der Waals surface area contributed by atoms with Gasteiger partial charge >= 0.3 is 0 Å². The van der Waals surface area contributed by atoms with E-state index in [2.05, 4.69) is 5.32 Å². The van der Waals surface area contributed by atoms with Crippen LogP contribution in [-0.2, 0) is 11.3 Å². The van der Waals surface area contributed by atoms with Crippen LogP contribution in [0.5, 0.6) is 5.75 Å². The van der Waals surface area contributed by atoms with Crippen LogP contribution in [0.15, 0.2) is 12.1 Å². The second kappa shape index (κ2) is 5.40. The first-order valence-corrected chi connectivity index (χ1v) is 6.04. The summed E-state index contributed by atoms with van der Waals surface area (Å²) in [6.07, 6.45) is 0. The standard InChI is InChI=1S/C14H22N2O2/c1-9-5-11(6-10(2)12(9)17)7-16-8-14(3,4)13(15)18/h5-6,16-17H,7-8H2,1-4H3,(H2,15,18). The van der Waals surface area contributed by atoms with Gasteiger partial charge in [0.25, 0.3) is 0 Å². The summed E-state index contributed by atoms with van der Waals surface area (Å²) in [7, 11) is 0. The van der Waals surface area contributed by atoms with Crippen molar-refractivity contribution in [2.24, 2.45) is 11.1 Å². The number of nitrogens with one attached hydrogen (secondary N) is 1. The SMILES string of the molecule is Cc1cc(CNCC(C)(C)C(N)=O)cc(C)c1O. The van der Waals surface area contributed by atoms with Crippen LogP contribution in [0.1, 0.15) is 30.5 Å². The van der Waals surface area contributed by atoms with Crippen molar-refractivity contribution in [3.63, 3.8) is 0 Å². The number of primary amides is 1. The van der Waals surface area contributed by atoms with E-state index in [-0.39, 0.29) is 5.91 Å². The summed E-state index contributed by atoms with van der Waals surface area (Å²) >= 11 is 0. The van der Waals surface area contributed by atoms with E-state index in [1.807, 2.05) is 39.8 Å². The summed E-state index contributed by atoms with van der Waals surface area (Å²) in [6, 6.07) is 3.87. The highest BCUT2D eigenvalue weighted by Crippen LogP contribution is 2.23. The lowest BCUT2D eigenvalue weighted by molar-refractivity contribution is -0.125. The molecule has 0 aliphatic rings. The Kier molecular flexibility index (Phi) is 4.35. The first-order valence-electron chi connectivity index (χ1n) is 6.04. The average molecular weight is 250 g/mol. The van der Waals surface area contributed by atoms with E-state index in [1.54, 1.807) is 0 Å². The molecule has 1 amide bonds. The van der Waals surface area contributed by atoms with E-state index in [0.717, 1.165) is 16.7 Å². The third-order valence-corrected chi connectivity index (χ3v) is 3.11. The highest BCUT2D eigenvalue weighted by molar-refractivity contribution is 5.80. The van der Waals surface area contributed by atoms with Crippen LogP contribution < -0.4 is 11.1 Å². The van der Waals surface area contributed by atoms with Crippen LogP contribution in [0.4, 0.5) is 0 Å². The maximum Gasteiger partial charge on any atom is 0.224 e. The topological polar surface area (TPSA) is 75.3 Å². The van der Waals surface area contributed by atoms with Gasteiger partial charge in [-0.1, -0.05) is 12.1 Å². The fraction of sp³-hybridized carbons (Fsp3) is 0.500. The van der Waals surface area contributed by atoms with E-state index in [4.69, 9.17) is 5.73 Å². The molecule has 0 atom stereocenters. The molecule has 0 aliphatic heterocycles. The molecular formula is C14H22N2O2. The number of aryl methyl sites for hydroxylation is 2. The molecule has 0 aliphatic carbocycles. The Hall–Kier alpha value is -1.55. The molecule has 18 heavy (non-hydrogen) atoms. The fourth-order valence-corrected chi connectivity index (χ4v) is 1.75. The summed E-state index contributed by atoms with van der Waals surface area (Å²) in [4.78, 5) is 11.2. The minimum atomic E-state index is -0.555. The molecule has 0 saturated heterocycles. The average Bonchev–Trinajstić information content (AvgIpc) is 2.25. The molecule has 4 nitrogen and oxygen atoms in total. The van der Waals surface area contributed by atoms with Crippen LogP contribution in [0, 0.1) is 19.3 Å². The smallest absolute Gasteiger partial charge is 0.224 e. The molecule has 4 heteroatoms. The number of phenols is 1. The molecule has 0 heterocycles. The Morgan fingerprint density at radius 3 is 2.28 bits per heavy atom. The zero-order valence-corrected chi connectivity index (χ0v) is 11.5. The van der Waals surface area contributed by atoms with Crippen LogP contribution in [-0.4, -0.2) is 17.6 Å². The molecule has 0 unspecified atom stereocenters. The molecular weight excluding hydrogens is 228 g/mol. The van der Waals surface area contributed by atoms with E-state index in [0.29, 0.717) is 18.8 Å². The van der Waals surface area contributed by atoms with Gasteiger partial charge in [-0.25, -0.2) is 0 Å². The van der Waals surface area contributed by atoms with Crippen molar-refractivity contribution in [1.29, 1.82) is 0 Å². The van der Waals surface area contributed by atoms with Crippen molar-refractivity contribution in [3.8, 4) is 5.75 Å². The summed E-state index contributed by atoms with van der Waals surface area (Å²) in [6.45, 7) is 8.56. The molecule has 1 rings (SSSR count). The number of hydrogen-bond donors (Lipinski definition) is 3. The normalized spacial score (nSPS) is 11.6. The molecule has 1 aromatic carbocycles. The molecule has 0 radical (unpaired) electrons. The molecule has 4 N–H and O–H groups in total. The monoisotopic (exact) mass is 250 g/mol. The van der Waals surface area contributed by atoms with Gasteiger partial charge in [-0.15, -0.1) is 0 Å². The number of aromatic hydroxyl groups is 1. The molecule has 0 aromatic heterocycles. The van der Waals surface area contributed by atoms with Crippen LogP contribution in [0.3, 0.4) is 0 Å². The Balaban J connectivity index is 2.63. The first-order chi connectivity index (χ1) is 8.24. The largest absolute Gasteiger partial charge is 0.507 e. The van der Waals surface area contributed by atoms with Crippen molar-refractivity contribution in [1.82, 2.24) is 5.32 Å². The molecule has 1 aromatic rings. The third-order valence-electron chi connectivity index (χ3n) is 3.11. The lowest BCUT2D eigenvalue weighted by Crippen LogP contribution is -2.40. The number of carbonyl (C=O) groups is 1. The summed E-state index contributed by atoms with van der Waals surface area (Å²) in [5.74, 6) is 0.0317. The number of phenolic OH excluding ortho intramolecular Hbond substituents is 1. The Bertz CT molecular complexity index is 430. The Morgan fingerprint density at radius 1 is 1.33 bits per heavy atom. The quantitative estimate of drug-likeness (QED) is 0.743. The maximum absolute atomic E-state index is 11.2. The van der Waals surface area contributed by atoms with Gasteiger partial charge in [-0.2, -0.15) is 0 Å². The van der Waals surface area contributed by atoms with Gasteiger partial charge in [-0.05, 0) is 44.4 Å². The highest BCUT2D eigenvalue weighted by atomic mass is 16.3. The predicted octanol–water partition coefficient (Wildman–Crippen LogP) is 1.61. The molecule has 0 spiro atoms. The number of hydrogen-bond acceptors (Lipinski definition) is 3. The second-order valence-corrected chi connectivity index (χ2v) is 5.43. The van der Waals surface area contributed by atoms with Crippen molar-refractivity contribution in [3.05, 3.63) is 28.8 Å². The van der Waals surface area contributed by atoms with Crippen molar-refractivity contribution in [2.75, 3.05) is 6.54 Å². The zero-order chi connectivity index (χ0) is 13.9. The van der Waals surface area contributed by atoms with Gasteiger partial charge in [0.05, 0.1) is 5.41 Å². The third kappa shape index (κ3) is 3.47. The Labute approximate surface area is 108 Å². The highest BCUT2D eigenvalue weighted by Gasteiger charge is 2.24. The minimum Gasteiger partial charge on any atom is -0.507 e. The van der Waals surface area contributed by atoms with Crippen molar-refractivity contribution in [2.45, 2.75) is 34.2 Å². The lowest BCUT2D eigenvalue weighted by Gasteiger charge is -2.21. The van der Waals surface area contributed by atoms with E-state index in [1.165, 1.54) is 0 Å². The molecule has 0 fully saturated rings. The predicted molar refractivity (Wildman–Crippen MR) is 72.3 cm³/mol. The van der Waals surface area contributed by atoms with E-state index >= 15 is 0 Å². The molecule has 100 valence electrons. The number of carbonyl (C=O) groups excluding carboxylic acids is 1.